The SMILES string of the molecule is Cc1nc2ccccc2n1-c1cccnc1[N+](=O)[O-]. The highest BCUT2D eigenvalue weighted by Crippen LogP contribution is 2.26. The van der Waals surface area contributed by atoms with Gasteiger partial charge in [-0.1, -0.05) is 12.1 Å². The second kappa shape index (κ2) is 4.16. The number of pyridine rings is 1. The Balaban J connectivity index is 2.37. The Bertz CT molecular complexity index is 779. The zero-order valence-corrected chi connectivity index (χ0v) is 10.1. The number of imidazole rings is 1. The van der Waals surface area contributed by atoms with E-state index in [1.165, 1.54) is 6.20 Å². The number of aryl methyl sites for hydroxylation is 1. The normalized spacial score (nSPS) is 10.8. The molecule has 0 aliphatic heterocycles. The first kappa shape index (κ1) is 11.3. The van der Waals surface area contributed by atoms with Crippen LogP contribution in [0.2, 0.25) is 0 Å². The zero-order valence-electron chi connectivity index (χ0n) is 10.1. The van der Waals surface area contributed by atoms with E-state index in [4.69, 9.17) is 0 Å². The number of aromatic nitrogens is 3. The number of fused-ring (bicyclic) bond motifs is 1. The molecule has 3 rings (SSSR count). The molecule has 0 unspecified atom stereocenters. The number of nitrogens with zero attached hydrogens (tertiary/aromatic N) is 4. The van der Waals surface area contributed by atoms with Crippen LogP contribution in [0.4, 0.5) is 5.82 Å². The molecule has 6 heteroatoms. The van der Waals surface area contributed by atoms with E-state index in [0.717, 1.165) is 11.0 Å². The van der Waals surface area contributed by atoms with Crippen LogP contribution >= 0.6 is 0 Å². The number of para-hydroxylation sites is 2. The molecule has 2 heterocycles. The number of hydrogen-bond acceptors (Lipinski definition) is 4. The second-order valence-electron chi connectivity index (χ2n) is 4.09. The number of nitro groups is 1. The molecule has 0 aliphatic carbocycles. The highest BCUT2D eigenvalue weighted by atomic mass is 16.6. The maximum absolute atomic E-state index is 11.1. The van der Waals surface area contributed by atoms with Crippen molar-refractivity contribution in [3.8, 4) is 5.69 Å². The number of benzene rings is 1. The lowest BCUT2D eigenvalue weighted by Gasteiger charge is -2.06. The quantitative estimate of drug-likeness (QED) is 0.520. The van der Waals surface area contributed by atoms with Crippen molar-refractivity contribution < 1.29 is 4.92 Å². The van der Waals surface area contributed by atoms with Crippen molar-refractivity contribution in [2.24, 2.45) is 0 Å². The van der Waals surface area contributed by atoms with Gasteiger partial charge in [-0.15, -0.1) is 0 Å². The molecule has 0 spiro atoms. The summed E-state index contributed by atoms with van der Waals surface area (Å²) in [6.45, 7) is 1.82. The Kier molecular flexibility index (Phi) is 2.49. The Hall–Kier alpha value is -2.76. The molecule has 0 atom stereocenters. The third-order valence-electron chi connectivity index (χ3n) is 2.91. The molecule has 1 aromatic carbocycles. The van der Waals surface area contributed by atoms with Crippen LogP contribution in [0.25, 0.3) is 16.7 Å². The molecule has 6 nitrogen and oxygen atoms in total. The van der Waals surface area contributed by atoms with E-state index >= 15 is 0 Å². The average molecular weight is 254 g/mol. The Morgan fingerprint density at radius 3 is 2.79 bits per heavy atom. The smallest absolute Gasteiger partial charge is 0.358 e. The first-order valence-corrected chi connectivity index (χ1v) is 5.72. The zero-order chi connectivity index (χ0) is 13.4. The maximum atomic E-state index is 11.1. The van der Waals surface area contributed by atoms with Crippen LogP contribution in [0.15, 0.2) is 42.6 Å². The van der Waals surface area contributed by atoms with E-state index < -0.39 is 4.92 Å². The van der Waals surface area contributed by atoms with Crippen molar-refractivity contribution >= 4 is 16.9 Å². The Morgan fingerprint density at radius 1 is 1.21 bits per heavy atom. The fourth-order valence-corrected chi connectivity index (χ4v) is 2.15. The molecule has 2 aromatic heterocycles. The van der Waals surface area contributed by atoms with Gasteiger partial charge in [0.1, 0.15) is 17.7 Å². The van der Waals surface area contributed by atoms with Crippen molar-refractivity contribution in [1.82, 2.24) is 14.5 Å². The molecule has 0 amide bonds. The monoisotopic (exact) mass is 254 g/mol. The summed E-state index contributed by atoms with van der Waals surface area (Å²) in [4.78, 5) is 18.8. The third kappa shape index (κ3) is 1.74. The fraction of sp³-hybridized carbons (Fsp3) is 0.0769. The molecule has 3 aromatic rings. The molecule has 0 bridgehead atoms. The van der Waals surface area contributed by atoms with E-state index in [9.17, 15) is 10.1 Å². The van der Waals surface area contributed by atoms with E-state index in [0.29, 0.717) is 11.5 Å². The third-order valence-corrected chi connectivity index (χ3v) is 2.91. The molecule has 19 heavy (non-hydrogen) atoms. The van der Waals surface area contributed by atoms with Crippen molar-refractivity contribution in [3.63, 3.8) is 0 Å². The summed E-state index contributed by atoms with van der Waals surface area (Å²) in [6.07, 6.45) is 1.41. The summed E-state index contributed by atoms with van der Waals surface area (Å²) >= 11 is 0. The highest BCUT2D eigenvalue weighted by molar-refractivity contribution is 5.79. The van der Waals surface area contributed by atoms with Crippen molar-refractivity contribution in [3.05, 3.63) is 58.5 Å². The average Bonchev–Trinajstić information content (AvgIpc) is 2.74. The lowest BCUT2D eigenvalue weighted by atomic mass is 10.3. The Morgan fingerprint density at radius 2 is 2.00 bits per heavy atom. The van der Waals surface area contributed by atoms with E-state index in [1.54, 1.807) is 16.7 Å². The van der Waals surface area contributed by atoms with Crippen molar-refractivity contribution in [2.75, 3.05) is 0 Å². The summed E-state index contributed by atoms with van der Waals surface area (Å²) in [5, 5.41) is 11.1. The van der Waals surface area contributed by atoms with E-state index in [-0.39, 0.29) is 5.82 Å². The Labute approximate surface area is 108 Å². The predicted octanol–water partition coefficient (Wildman–Crippen LogP) is 2.64. The minimum Gasteiger partial charge on any atom is -0.358 e. The molecule has 0 aliphatic rings. The van der Waals surface area contributed by atoms with Crippen LogP contribution in [0, 0.1) is 17.0 Å². The molecule has 0 N–H and O–H groups in total. The molecular formula is C13H10N4O2. The summed E-state index contributed by atoms with van der Waals surface area (Å²) < 4.78 is 1.75. The van der Waals surface area contributed by atoms with Gasteiger partial charge in [0.15, 0.2) is 0 Å². The van der Waals surface area contributed by atoms with Crippen LogP contribution in [-0.2, 0) is 0 Å². The maximum Gasteiger partial charge on any atom is 0.387 e. The lowest BCUT2D eigenvalue weighted by Crippen LogP contribution is -2.03. The summed E-state index contributed by atoms with van der Waals surface area (Å²) in [7, 11) is 0. The van der Waals surface area contributed by atoms with Gasteiger partial charge in [0.05, 0.1) is 11.0 Å². The van der Waals surface area contributed by atoms with E-state index in [1.807, 2.05) is 31.2 Å². The molecule has 94 valence electrons. The second-order valence-corrected chi connectivity index (χ2v) is 4.09. The van der Waals surface area contributed by atoms with Crippen molar-refractivity contribution in [2.45, 2.75) is 6.92 Å². The molecule has 0 saturated carbocycles. The van der Waals surface area contributed by atoms with Gasteiger partial charge in [0.2, 0.25) is 0 Å². The number of hydrogen-bond donors (Lipinski definition) is 0. The minimum atomic E-state index is -0.483. The summed E-state index contributed by atoms with van der Waals surface area (Å²) in [5.41, 5.74) is 2.06. The van der Waals surface area contributed by atoms with Gasteiger partial charge < -0.3 is 10.1 Å². The molecule has 0 fully saturated rings. The van der Waals surface area contributed by atoms with E-state index in [2.05, 4.69) is 9.97 Å². The molecule has 0 radical (unpaired) electrons. The van der Waals surface area contributed by atoms with Gasteiger partial charge in [-0.2, -0.15) is 0 Å². The first-order chi connectivity index (χ1) is 9.18. The van der Waals surface area contributed by atoms with Crippen LogP contribution in [-0.4, -0.2) is 19.5 Å². The van der Waals surface area contributed by atoms with Gasteiger partial charge in [-0.3, -0.25) is 4.57 Å². The van der Waals surface area contributed by atoms with Gasteiger partial charge in [0.25, 0.3) is 0 Å². The van der Waals surface area contributed by atoms with Crippen LogP contribution in [0.1, 0.15) is 5.82 Å². The predicted molar refractivity (Wildman–Crippen MR) is 70.3 cm³/mol. The topological polar surface area (TPSA) is 73.8 Å². The van der Waals surface area contributed by atoms with Gasteiger partial charge >= 0.3 is 5.82 Å². The van der Waals surface area contributed by atoms with Gasteiger partial charge in [-0.25, -0.2) is 4.98 Å². The standard InChI is InChI=1S/C13H10N4O2/c1-9-15-10-5-2-3-6-11(10)16(9)12-7-4-8-14-13(12)17(18)19/h2-8H,1H3. The van der Waals surface area contributed by atoms with Crippen molar-refractivity contribution in [1.29, 1.82) is 0 Å². The van der Waals surface area contributed by atoms with Gasteiger partial charge in [0, 0.05) is 0 Å². The fourth-order valence-electron chi connectivity index (χ4n) is 2.15. The van der Waals surface area contributed by atoms with Crippen LogP contribution in [0.5, 0.6) is 0 Å². The lowest BCUT2D eigenvalue weighted by molar-refractivity contribution is -0.389. The molecule has 0 saturated heterocycles. The minimum absolute atomic E-state index is 0.172. The summed E-state index contributed by atoms with van der Waals surface area (Å²) in [5.74, 6) is 0.519. The highest BCUT2D eigenvalue weighted by Gasteiger charge is 2.19. The largest absolute Gasteiger partial charge is 0.387 e. The number of rotatable bonds is 2. The summed E-state index contributed by atoms with van der Waals surface area (Å²) in [6, 6.07) is 10.9. The first-order valence-electron chi connectivity index (χ1n) is 5.72. The molecular weight excluding hydrogens is 244 g/mol. The van der Waals surface area contributed by atoms with Crippen LogP contribution < -0.4 is 0 Å². The van der Waals surface area contributed by atoms with Crippen LogP contribution in [0.3, 0.4) is 0 Å². The van der Waals surface area contributed by atoms with Gasteiger partial charge in [-0.05, 0) is 41.1 Å².